The maximum atomic E-state index is 13.8. The van der Waals surface area contributed by atoms with Gasteiger partial charge in [-0.1, -0.05) is 46.3 Å². The highest BCUT2D eigenvalue weighted by molar-refractivity contribution is 9.10. The first kappa shape index (κ1) is 15.2. The molecule has 0 aliphatic heterocycles. The number of hydrogen-bond donors (Lipinski definition) is 0. The molecular weight excluding hydrogens is 345 g/mol. The van der Waals surface area contributed by atoms with Crippen molar-refractivity contribution < 1.29 is 9.18 Å². The first-order valence-corrected chi connectivity index (χ1v) is 8.07. The van der Waals surface area contributed by atoms with Crippen LogP contribution in [-0.2, 0) is 16.8 Å². The van der Waals surface area contributed by atoms with E-state index in [9.17, 15) is 9.18 Å². The lowest BCUT2D eigenvalue weighted by Crippen LogP contribution is -2.36. The van der Waals surface area contributed by atoms with Gasteiger partial charge in [0, 0.05) is 23.6 Å². The first-order chi connectivity index (χ1) is 10.5. The minimum atomic E-state index is -0.427. The number of halogens is 2. The molecule has 0 radical (unpaired) electrons. The van der Waals surface area contributed by atoms with E-state index in [4.69, 9.17) is 0 Å². The average molecular weight is 362 g/mol. The van der Waals surface area contributed by atoms with Crippen molar-refractivity contribution >= 4 is 21.8 Å². The van der Waals surface area contributed by atoms with Gasteiger partial charge in [-0.05, 0) is 36.6 Å². The number of nitrogens with zero attached hydrogens (tertiary/aromatic N) is 1. The summed E-state index contributed by atoms with van der Waals surface area (Å²) in [5, 5.41) is 0. The van der Waals surface area contributed by atoms with Gasteiger partial charge >= 0.3 is 0 Å². The molecule has 1 amide bonds. The average Bonchev–Trinajstić information content (AvgIpc) is 3.30. The van der Waals surface area contributed by atoms with E-state index in [2.05, 4.69) is 15.9 Å². The van der Waals surface area contributed by atoms with E-state index in [1.807, 2.05) is 24.3 Å². The third-order valence-electron chi connectivity index (χ3n) is 4.25. The second-order valence-corrected chi connectivity index (χ2v) is 6.76. The lowest BCUT2D eigenvalue weighted by molar-refractivity contribution is -0.133. The van der Waals surface area contributed by atoms with Crippen molar-refractivity contribution in [2.75, 3.05) is 7.05 Å². The fourth-order valence-corrected chi connectivity index (χ4v) is 3.26. The molecule has 0 spiro atoms. The molecule has 1 aliphatic carbocycles. The Hall–Kier alpha value is -1.68. The van der Waals surface area contributed by atoms with E-state index in [1.54, 1.807) is 30.1 Å². The molecule has 114 valence electrons. The number of likely N-dealkylation sites (N-methyl/N-ethyl adjacent to an activating group) is 1. The molecule has 1 fully saturated rings. The largest absolute Gasteiger partial charge is 0.341 e. The van der Waals surface area contributed by atoms with E-state index in [1.165, 1.54) is 6.07 Å². The predicted octanol–water partition coefficient (Wildman–Crippen LogP) is 4.28. The molecule has 4 heteroatoms. The van der Waals surface area contributed by atoms with Crippen LogP contribution in [0.1, 0.15) is 24.0 Å². The molecule has 0 aromatic heterocycles. The van der Waals surface area contributed by atoms with Gasteiger partial charge in [0.05, 0.1) is 5.41 Å². The normalized spacial score (nSPS) is 15.4. The smallest absolute Gasteiger partial charge is 0.233 e. The molecule has 1 aliphatic rings. The van der Waals surface area contributed by atoms with Crippen molar-refractivity contribution in [1.82, 2.24) is 4.90 Å². The molecule has 0 heterocycles. The van der Waals surface area contributed by atoms with E-state index >= 15 is 0 Å². The lowest BCUT2D eigenvalue weighted by Gasteiger charge is -2.24. The number of carbonyl (C=O) groups excluding carboxylic acids is 1. The molecule has 2 aromatic carbocycles. The second kappa shape index (κ2) is 5.84. The van der Waals surface area contributed by atoms with E-state index < -0.39 is 5.41 Å². The Bertz CT molecular complexity index is 712. The van der Waals surface area contributed by atoms with Gasteiger partial charge in [0.25, 0.3) is 0 Å². The second-order valence-electron chi connectivity index (χ2n) is 5.85. The highest BCUT2D eigenvalue weighted by Gasteiger charge is 2.52. The van der Waals surface area contributed by atoms with Gasteiger partial charge in [-0.2, -0.15) is 0 Å². The highest BCUT2D eigenvalue weighted by atomic mass is 79.9. The zero-order valence-electron chi connectivity index (χ0n) is 12.4. The molecule has 0 saturated heterocycles. The van der Waals surface area contributed by atoms with Crippen LogP contribution in [-0.4, -0.2) is 17.9 Å². The summed E-state index contributed by atoms with van der Waals surface area (Å²) in [7, 11) is 1.74. The van der Waals surface area contributed by atoms with Crippen molar-refractivity contribution in [3.8, 4) is 0 Å². The van der Waals surface area contributed by atoms with Gasteiger partial charge in [0.1, 0.15) is 5.82 Å². The quantitative estimate of drug-likeness (QED) is 0.795. The summed E-state index contributed by atoms with van der Waals surface area (Å²) in [5.74, 6) is -0.205. The summed E-state index contributed by atoms with van der Waals surface area (Å²) in [4.78, 5) is 14.5. The Balaban J connectivity index is 1.80. The van der Waals surface area contributed by atoms with Crippen LogP contribution in [0.25, 0.3) is 0 Å². The minimum absolute atomic E-state index is 0.0638. The fourth-order valence-electron chi connectivity index (χ4n) is 2.86. The molecule has 2 aromatic rings. The molecule has 0 atom stereocenters. The van der Waals surface area contributed by atoms with Crippen molar-refractivity contribution in [2.45, 2.75) is 24.8 Å². The van der Waals surface area contributed by atoms with Crippen LogP contribution in [0.15, 0.2) is 53.0 Å². The van der Waals surface area contributed by atoms with Gasteiger partial charge in [0.2, 0.25) is 5.91 Å². The van der Waals surface area contributed by atoms with Gasteiger partial charge in [-0.3, -0.25) is 4.79 Å². The van der Waals surface area contributed by atoms with Crippen LogP contribution in [0.5, 0.6) is 0 Å². The van der Waals surface area contributed by atoms with Crippen LogP contribution in [0.4, 0.5) is 4.39 Å². The number of hydrogen-bond acceptors (Lipinski definition) is 1. The first-order valence-electron chi connectivity index (χ1n) is 7.28. The zero-order valence-corrected chi connectivity index (χ0v) is 13.9. The van der Waals surface area contributed by atoms with E-state index in [-0.39, 0.29) is 11.7 Å². The summed E-state index contributed by atoms with van der Waals surface area (Å²) < 4.78 is 14.7. The fraction of sp³-hybridized carbons (Fsp3) is 0.278. The third-order valence-corrected chi connectivity index (χ3v) is 4.74. The van der Waals surface area contributed by atoms with Crippen molar-refractivity contribution in [2.24, 2.45) is 0 Å². The summed E-state index contributed by atoms with van der Waals surface area (Å²) in [6.07, 6.45) is 1.70. The summed E-state index contributed by atoms with van der Waals surface area (Å²) in [5.41, 5.74) is 1.15. The third kappa shape index (κ3) is 2.80. The van der Waals surface area contributed by atoms with E-state index in [0.717, 1.165) is 22.9 Å². The Labute approximate surface area is 138 Å². The summed E-state index contributed by atoms with van der Waals surface area (Å²) in [6, 6.07) is 14.5. The van der Waals surface area contributed by atoms with Gasteiger partial charge in [-0.15, -0.1) is 0 Å². The number of rotatable bonds is 4. The van der Waals surface area contributed by atoms with Crippen LogP contribution in [0, 0.1) is 5.82 Å². The zero-order chi connectivity index (χ0) is 15.7. The predicted molar refractivity (Wildman–Crippen MR) is 87.9 cm³/mol. The maximum absolute atomic E-state index is 13.8. The van der Waals surface area contributed by atoms with Crippen LogP contribution in [0.2, 0.25) is 0 Å². The van der Waals surface area contributed by atoms with Gasteiger partial charge in [-0.25, -0.2) is 4.39 Å². The molecule has 0 unspecified atom stereocenters. The molecule has 2 nitrogen and oxygen atoms in total. The molecule has 0 bridgehead atoms. The molecular formula is C18H17BrFNO. The molecule has 22 heavy (non-hydrogen) atoms. The van der Waals surface area contributed by atoms with Crippen LogP contribution in [0.3, 0.4) is 0 Å². The lowest BCUT2D eigenvalue weighted by atomic mass is 9.94. The topological polar surface area (TPSA) is 20.3 Å². The van der Waals surface area contributed by atoms with Gasteiger partial charge in [0.15, 0.2) is 0 Å². The number of amides is 1. The summed E-state index contributed by atoms with van der Waals surface area (Å²) >= 11 is 3.46. The van der Waals surface area contributed by atoms with Gasteiger partial charge < -0.3 is 4.90 Å². The Morgan fingerprint density at radius 3 is 2.59 bits per heavy atom. The number of benzene rings is 2. The monoisotopic (exact) mass is 361 g/mol. The molecule has 3 rings (SSSR count). The van der Waals surface area contributed by atoms with E-state index in [0.29, 0.717) is 12.1 Å². The summed E-state index contributed by atoms with van der Waals surface area (Å²) in [6.45, 7) is 0.293. The SMILES string of the molecule is CN(Cc1ccccc1F)C(=O)C1(c2cccc(Br)c2)CC1. The highest BCUT2D eigenvalue weighted by Crippen LogP contribution is 2.50. The maximum Gasteiger partial charge on any atom is 0.233 e. The van der Waals surface area contributed by atoms with Crippen molar-refractivity contribution in [1.29, 1.82) is 0 Å². The van der Waals surface area contributed by atoms with Crippen LogP contribution < -0.4 is 0 Å². The Morgan fingerprint density at radius 2 is 1.95 bits per heavy atom. The molecule has 0 N–H and O–H groups in total. The van der Waals surface area contributed by atoms with Crippen molar-refractivity contribution in [3.05, 3.63) is 69.9 Å². The Kier molecular flexibility index (Phi) is 4.04. The van der Waals surface area contributed by atoms with Crippen LogP contribution >= 0.6 is 15.9 Å². The number of carbonyl (C=O) groups is 1. The Morgan fingerprint density at radius 1 is 1.23 bits per heavy atom. The minimum Gasteiger partial charge on any atom is -0.341 e. The molecule has 1 saturated carbocycles. The van der Waals surface area contributed by atoms with Crippen molar-refractivity contribution in [3.63, 3.8) is 0 Å². The standard InChI is InChI=1S/C18H17BrFNO/c1-21(12-13-5-2-3-8-16(13)20)17(22)18(9-10-18)14-6-4-7-15(19)11-14/h2-8,11H,9-10,12H2,1H3.